The topological polar surface area (TPSA) is 47.9 Å². The maximum atomic E-state index is 8.12. The molecule has 1 aromatic heterocycles. The lowest BCUT2D eigenvalue weighted by Crippen LogP contribution is -2.17. The number of thiophene rings is 1. The van der Waals surface area contributed by atoms with E-state index in [1.165, 1.54) is 11.1 Å². The van der Waals surface area contributed by atoms with Gasteiger partial charge in [-0.3, -0.25) is 5.41 Å². The molecule has 0 atom stereocenters. The highest BCUT2D eigenvalue weighted by molar-refractivity contribution is 9.10. The molecule has 3 N–H and O–H groups in total. The maximum Gasteiger partial charge on any atom is 0.140 e. The van der Waals surface area contributed by atoms with Crippen LogP contribution in [0.25, 0.3) is 0 Å². The third-order valence-corrected chi connectivity index (χ3v) is 5.49. The van der Waals surface area contributed by atoms with Crippen LogP contribution >= 0.6 is 27.3 Å². The Labute approximate surface area is 160 Å². The highest BCUT2D eigenvalue weighted by Crippen LogP contribution is 2.16. The summed E-state index contributed by atoms with van der Waals surface area (Å²) < 4.78 is 1.14. The summed E-state index contributed by atoms with van der Waals surface area (Å²) in [5.74, 6) is 0.444. The highest BCUT2D eigenvalue weighted by atomic mass is 79.9. The maximum absolute atomic E-state index is 8.12. The second-order valence-electron chi connectivity index (χ2n) is 5.70. The van der Waals surface area contributed by atoms with Crippen LogP contribution in [0.4, 0.5) is 5.69 Å². The van der Waals surface area contributed by atoms with E-state index in [9.17, 15) is 0 Å². The predicted molar refractivity (Wildman–Crippen MR) is 111 cm³/mol. The SMILES string of the molecule is N=C(Nc1cccc(CCNCc2ccccc2Br)c1)c1cccs1. The van der Waals surface area contributed by atoms with Crippen LogP contribution in [0.3, 0.4) is 0 Å². The summed E-state index contributed by atoms with van der Waals surface area (Å²) in [7, 11) is 0. The lowest BCUT2D eigenvalue weighted by molar-refractivity contribution is 0.685. The first-order valence-electron chi connectivity index (χ1n) is 8.15. The van der Waals surface area contributed by atoms with Crippen molar-refractivity contribution in [2.45, 2.75) is 13.0 Å². The molecule has 0 saturated heterocycles. The van der Waals surface area contributed by atoms with Crippen LogP contribution in [-0.4, -0.2) is 12.4 Å². The van der Waals surface area contributed by atoms with Crippen LogP contribution in [0.1, 0.15) is 16.0 Å². The van der Waals surface area contributed by atoms with Gasteiger partial charge in [-0.2, -0.15) is 0 Å². The molecule has 3 rings (SSSR count). The second-order valence-corrected chi connectivity index (χ2v) is 7.50. The molecule has 0 unspecified atom stereocenters. The van der Waals surface area contributed by atoms with Crippen LogP contribution in [0.15, 0.2) is 70.5 Å². The molecule has 0 aliphatic carbocycles. The minimum atomic E-state index is 0.444. The monoisotopic (exact) mass is 413 g/mol. The van der Waals surface area contributed by atoms with Gasteiger partial charge in [0.05, 0.1) is 4.88 Å². The van der Waals surface area contributed by atoms with E-state index in [2.05, 4.69) is 56.9 Å². The largest absolute Gasteiger partial charge is 0.340 e. The van der Waals surface area contributed by atoms with Gasteiger partial charge in [0.15, 0.2) is 0 Å². The second kappa shape index (κ2) is 8.94. The number of nitrogens with one attached hydrogen (secondary N) is 3. The van der Waals surface area contributed by atoms with E-state index in [-0.39, 0.29) is 0 Å². The first-order chi connectivity index (χ1) is 12.2. The van der Waals surface area contributed by atoms with Crippen LogP contribution in [0, 0.1) is 5.41 Å². The van der Waals surface area contributed by atoms with Gasteiger partial charge >= 0.3 is 0 Å². The fourth-order valence-corrected chi connectivity index (χ4v) is 3.58. The van der Waals surface area contributed by atoms with Gasteiger partial charge in [-0.15, -0.1) is 11.3 Å². The third-order valence-electron chi connectivity index (χ3n) is 3.83. The summed E-state index contributed by atoms with van der Waals surface area (Å²) in [5.41, 5.74) is 3.48. The molecule has 0 fully saturated rings. The fourth-order valence-electron chi connectivity index (χ4n) is 2.53. The molecule has 0 radical (unpaired) electrons. The summed E-state index contributed by atoms with van der Waals surface area (Å²) >= 11 is 5.14. The van der Waals surface area contributed by atoms with Gasteiger partial charge in [0.2, 0.25) is 0 Å². The number of halogens is 1. The number of rotatable bonds is 7. The Morgan fingerprint density at radius 3 is 2.72 bits per heavy atom. The van der Waals surface area contributed by atoms with E-state index in [0.29, 0.717) is 5.84 Å². The number of benzene rings is 2. The molecule has 25 heavy (non-hydrogen) atoms. The Hall–Kier alpha value is -1.95. The smallest absolute Gasteiger partial charge is 0.140 e. The van der Waals surface area contributed by atoms with Crippen LogP contribution in [-0.2, 0) is 13.0 Å². The van der Waals surface area contributed by atoms with Crippen molar-refractivity contribution in [3.05, 3.63) is 86.5 Å². The van der Waals surface area contributed by atoms with Gasteiger partial charge in [0.25, 0.3) is 0 Å². The van der Waals surface area contributed by atoms with Gasteiger partial charge in [-0.1, -0.05) is 52.3 Å². The van der Waals surface area contributed by atoms with Crippen molar-refractivity contribution in [1.29, 1.82) is 5.41 Å². The van der Waals surface area contributed by atoms with Gasteiger partial charge in [0, 0.05) is 16.7 Å². The molecule has 0 spiro atoms. The minimum absolute atomic E-state index is 0.444. The van der Waals surface area contributed by atoms with E-state index in [4.69, 9.17) is 5.41 Å². The Balaban J connectivity index is 1.50. The molecule has 3 aromatic rings. The van der Waals surface area contributed by atoms with Crippen molar-refractivity contribution in [2.24, 2.45) is 0 Å². The summed E-state index contributed by atoms with van der Waals surface area (Å²) in [4.78, 5) is 0.945. The first-order valence-corrected chi connectivity index (χ1v) is 9.82. The van der Waals surface area contributed by atoms with Crippen LogP contribution < -0.4 is 10.6 Å². The van der Waals surface area contributed by atoms with Crippen LogP contribution in [0.5, 0.6) is 0 Å². The van der Waals surface area contributed by atoms with Gasteiger partial charge in [-0.05, 0) is 53.7 Å². The van der Waals surface area contributed by atoms with Crippen LogP contribution in [0.2, 0.25) is 0 Å². The van der Waals surface area contributed by atoms with E-state index in [1.54, 1.807) is 11.3 Å². The molecular formula is C20H20BrN3S. The highest BCUT2D eigenvalue weighted by Gasteiger charge is 2.04. The van der Waals surface area contributed by atoms with Crippen molar-refractivity contribution in [3.8, 4) is 0 Å². The molecule has 0 aliphatic heterocycles. The molecule has 0 bridgehead atoms. The molecule has 5 heteroatoms. The lowest BCUT2D eigenvalue weighted by atomic mass is 10.1. The molecule has 1 heterocycles. The number of hydrogen-bond acceptors (Lipinski definition) is 3. The van der Waals surface area contributed by atoms with E-state index in [1.807, 2.05) is 35.7 Å². The normalized spacial score (nSPS) is 10.6. The van der Waals surface area contributed by atoms with E-state index in [0.717, 1.165) is 34.5 Å². The Morgan fingerprint density at radius 1 is 1.04 bits per heavy atom. The van der Waals surface area contributed by atoms with Crippen molar-refractivity contribution in [2.75, 3.05) is 11.9 Å². The zero-order valence-corrected chi connectivity index (χ0v) is 16.2. The Bertz CT molecular complexity index is 830. The van der Waals surface area contributed by atoms with Gasteiger partial charge < -0.3 is 10.6 Å². The fraction of sp³-hybridized carbons (Fsp3) is 0.150. The first kappa shape index (κ1) is 17.9. The van der Waals surface area contributed by atoms with Gasteiger partial charge in [-0.25, -0.2) is 0 Å². The van der Waals surface area contributed by atoms with E-state index < -0.39 is 0 Å². The zero-order chi connectivity index (χ0) is 17.5. The Morgan fingerprint density at radius 2 is 1.92 bits per heavy atom. The molecule has 2 aromatic carbocycles. The summed E-state index contributed by atoms with van der Waals surface area (Å²) in [6, 6.07) is 20.5. The van der Waals surface area contributed by atoms with Crippen molar-refractivity contribution >= 4 is 38.8 Å². The molecular weight excluding hydrogens is 394 g/mol. The summed E-state index contributed by atoms with van der Waals surface area (Å²) in [6.45, 7) is 1.76. The summed E-state index contributed by atoms with van der Waals surface area (Å²) in [6.07, 6.45) is 0.951. The number of amidine groups is 1. The Kier molecular flexibility index (Phi) is 6.39. The van der Waals surface area contributed by atoms with Crippen molar-refractivity contribution in [1.82, 2.24) is 5.32 Å². The minimum Gasteiger partial charge on any atom is -0.340 e. The lowest BCUT2D eigenvalue weighted by Gasteiger charge is -2.10. The van der Waals surface area contributed by atoms with Crippen molar-refractivity contribution in [3.63, 3.8) is 0 Å². The average molecular weight is 414 g/mol. The molecule has 3 nitrogen and oxygen atoms in total. The number of anilines is 1. The summed E-state index contributed by atoms with van der Waals surface area (Å²) in [5, 5.41) is 16.8. The number of hydrogen-bond donors (Lipinski definition) is 3. The average Bonchev–Trinajstić information content (AvgIpc) is 3.15. The molecule has 0 aliphatic rings. The van der Waals surface area contributed by atoms with Crippen molar-refractivity contribution < 1.29 is 0 Å². The molecule has 0 saturated carbocycles. The molecule has 128 valence electrons. The van der Waals surface area contributed by atoms with Gasteiger partial charge in [0.1, 0.15) is 5.84 Å². The third kappa shape index (κ3) is 5.26. The predicted octanol–water partition coefficient (Wildman–Crippen LogP) is 5.28. The van der Waals surface area contributed by atoms with E-state index >= 15 is 0 Å². The zero-order valence-electron chi connectivity index (χ0n) is 13.8. The molecule has 0 amide bonds. The quantitative estimate of drug-likeness (QED) is 0.280. The standard InChI is InChI=1S/C20H20BrN3S/c21-18-8-2-1-6-16(18)14-23-11-10-15-5-3-7-17(13-15)24-20(22)19-9-4-12-25-19/h1-9,12-13,23H,10-11,14H2,(H2,22,24).